The third kappa shape index (κ3) is 6.52. The second-order valence-corrected chi connectivity index (χ2v) is 8.74. The van der Waals surface area contributed by atoms with Crippen LogP contribution in [0.1, 0.15) is 23.1 Å². The van der Waals surface area contributed by atoms with Gasteiger partial charge in [0.2, 0.25) is 0 Å². The first-order chi connectivity index (χ1) is 16.8. The molecular weight excluding hydrogens is 424 g/mol. The number of piperazine rings is 1. The number of hydrogen-bond acceptors (Lipinski definition) is 5. The van der Waals surface area contributed by atoms with Gasteiger partial charge in [0, 0.05) is 51.3 Å². The van der Waals surface area contributed by atoms with Crippen LogP contribution in [0, 0.1) is 0 Å². The minimum absolute atomic E-state index is 0.743. The summed E-state index contributed by atoms with van der Waals surface area (Å²) in [5.41, 5.74) is 3.73. The number of benzene rings is 3. The Labute approximate surface area is 203 Å². The van der Waals surface area contributed by atoms with E-state index in [1.54, 1.807) is 14.2 Å². The van der Waals surface area contributed by atoms with E-state index in [0.717, 1.165) is 76.0 Å². The monoisotopic (exact) mass is 460 g/mol. The Morgan fingerprint density at radius 2 is 1.35 bits per heavy atom. The number of methoxy groups -OCH3 is 2. The molecule has 5 heteroatoms. The van der Waals surface area contributed by atoms with Crippen molar-refractivity contribution in [3.05, 3.63) is 89.5 Å². The summed E-state index contributed by atoms with van der Waals surface area (Å²) in [5, 5.41) is 0. The largest absolute Gasteiger partial charge is 0.493 e. The van der Waals surface area contributed by atoms with Crippen molar-refractivity contribution >= 4 is 0 Å². The van der Waals surface area contributed by atoms with Gasteiger partial charge >= 0.3 is 0 Å². The molecule has 5 nitrogen and oxygen atoms in total. The molecule has 1 fully saturated rings. The lowest BCUT2D eigenvalue weighted by molar-refractivity contribution is 0.120. The fraction of sp³-hybridized carbons (Fsp3) is 0.379. The van der Waals surface area contributed by atoms with E-state index in [0.29, 0.717) is 0 Å². The first kappa shape index (κ1) is 24.1. The first-order valence-electron chi connectivity index (χ1n) is 12.2. The van der Waals surface area contributed by atoms with Crippen molar-refractivity contribution in [2.24, 2.45) is 0 Å². The van der Waals surface area contributed by atoms with E-state index in [1.165, 1.54) is 16.7 Å². The number of para-hydroxylation sites is 2. The summed E-state index contributed by atoms with van der Waals surface area (Å²) < 4.78 is 17.2. The molecule has 0 aliphatic carbocycles. The predicted octanol–water partition coefficient (Wildman–Crippen LogP) is 4.88. The lowest BCUT2D eigenvalue weighted by Crippen LogP contribution is -2.46. The van der Waals surface area contributed by atoms with Crippen LogP contribution >= 0.6 is 0 Å². The van der Waals surface area contributed by atoms with Gasteiger partial charge in [0.1, 0.15) is 5.75 Å². The van der Waals surface area contributed by atoms with E-state index in [-0.39, 0.29) is 0 Å². The van der Waals surface area contributed by atoms with Gasteiger partial charge in [0.15, 0.2) is 11.5 Å². The summed E-state index contributed by atoms with van der Waals surface area (Å²) in [5.74, 6) is 2.64. The van der Waals surface area contributed by atoms with Gasteiger partial charge in [-0.25, -0.2) is 0 Å². The van der Waals surface area contributed by atoms with E-state index >= 15 is 0 Å². The highest BCUT2D eigenvalue weighted by molar-refractivity contribution is 5.46. The molecule has 180 valence electrons. The molecule has 3 aromatic rings. The van der Waals surface area contributed by atoms with Gasteiger partial charge in [-0.2, -0.15) is 0 Å². The second-order valence-electron chi connectivity index (χ2n) is 8.74. The second kappa shape index (κ2) is 12.4. The molecule has 0 N–H and O–H groups in total. The topological polar surface area (TPSA) is 34.2 Å². The van der Waals surface area contributed by atoms with E-state index in [4.69, 9.17) is 14.2 Å². The standard InChI is InChI=1S/C29H36N2O3/c1-32-28-15-8-13-26(29(28)33-2)23-31-19-17-30(18-20-31)16-9-21-34-27-14-7-6-12-25(27)22-24-10-4-3-5-11-24/h3-8,10-15H,9,16-23H2,1-2H3. The third-order valence-corrected chi connectivity index (χ3v) is 6.43. The van der Waals surface area contributed by atoms with E-state index < -0.39 is 0 Å². The molecule has 0 atom stereocenters. The van der Waals surface area contributed by atoms with Crippen molar-refractivity contribution in [3.63, 3.8) is 0 Å². The van der Waals surface area contributed by atoms with Gasteiger partial charge in [0.25, 0.3) is 0 Å². The number of ether oxygens (including phenoxy) is 3. The Morgan fingerprint density at radius 3 is 2.12 bits per heavy atom. The fourth-order valence-corrected chi connectivity index (χ4v) is 4.57. The molecule has 0 saturated carbocycles. The van der Waals surface area contributed by atoms with Crippen LogP contribution in [0.25, 0.3) is 0 Å². The smallest absolute Gasteiger partial charge is 0.165 e. The molecule has 1 aliphatic rings. The zero-order chi connectivity index (χ0) is 23.6. The molecule has 1 heterocycles. The summed E-state index contributed by atoms with van der Waals surface area (Å²) in [7, 11) is 3.40. The van der Waals surface area contributed by atoms with Gasteiger partial charge in [0.05, 0.1) is 20.8 Å². The quantitative estimate of drug-likeness (QED) is 0.381. The van der Waals surface area contributed by atoms with Gasteiger partial charge in [-0.1, -0.05) is 60.7 Å². The van der Waals surface area contributed by atoms with Crippen molar-refractivity contribution in [1.29, 1.82) is 0 Å². The normalized spacial score (nSPS) is 14.6. The lowest BCUT2D eigenvalue weighted by Gasteiger charge is -2.35. The molecule has 34 heavy (non-hydrogen) atoms. The van der Waals surface area contributed by atoms with E-state index in [1.807, 2.05) is 12.1 Å². The van der Waals surface area contributed by atoms with Crippen molar-refractivity contribution in [3.8, 4) is 17.2 Å². The van der Waals surface area contributed by atoms with Crippen LogP contribution in [0.2, 0.25) is 0 Å². The zero-order valence-electron chi connectivity index (χ0n) is 20.4. The maximum absolute atomic E-state index is 6.19. The first-order valence-corrected chi connectivity index (χ1v) is 12.2. The summed E-state index contributed by atoms with van der Waals surface area (Å²) >= 11 is 0. The van der Waals surface area contributed by atoms with E-state index in [2.05, 4.69) is 70.5 Å². The van der Waals surface area contributed by atoms with Gasteiger partial charge < -0.3 is 19.1 Å². The van der Waals surface area contributed by atoms with Gasteiger partial charge in [-0.3, -0.25) is 4.90 Å². The highest BCUT2D eigenvalue weighted by atomic mass is 16.5. The SMILES string of the molecule is COc1cccc(CN2CCN(CCCOc3ccccc3Cc3ccccc3)CC2)c1OC. The molecule has 0 radical (unpaired) electrons. The average Bonchev–Trinajstić information content (AvgIpc) is 2.89. The molecule has 4 rings (SSSR count). The third-order valence-electron chi connectivity index (χ3n) is 6.43. The lowest BCUT2D eigenvalue weighted by atomic mass is 10.0. The van der Waals surface area contributed by atoms with Crippen LogP contribution in [0.3, 0.4) is 0 Å². The Balaban J connectivity index is 1.20. The maximum Gasteiger partial charge on any atom is 0.165 e. The van der Waals surface area contributed by atoms with Gasteiger partial charge in [-0.15, -0.1) is 0 Å². The molecule has 0 unspecified atom stereocenters. The average molecular weight is 461 g/mol. The predicted molar refractivity (Wildman–Crippen MR) is 137 cm³/mol. The molecule has 0 bridgehead atoms. The Bertz CT molecular complexity index is 1020. The Hall–Kier alpha value is -3.02. The van der Waals surface area contributed by atoms with Gasteiger partial charge in [-0.05, 0) is 29.7 Å². The van der Waals surface area contributed by atoms with Crippen LogP contribution in [0.5, 0.6) is 17.2 Å². The van der Waals surface area contributed by atoms with Crippen molar-refractivity contribution in [2.45, 2.75) is 19.4 Å². The summed E-state index contributed by atoms with van der Waals surface area (Å²) in [6.07, 6.45) is 1.93. The Morgan fingerprint density at radius 1 is 0.676 bits per heavy atom. The Kier molecular flexibility index (Phi) is 8.83. The molecule has 0 aromatic heterocycles. The molecule has 0 amide bonds. The minimum atomic E-state index is 0.743. The van der Waals surface area contributed by atoms with Crippen LogP contribution in [-0.4, -0.2) is 63.4 Å². The zero-order valence-corrected chi connectivity index (χ0v) is 20.4. The van der Waals surface area contributed by atoms with Crippen molar-refractivity contribution in [2.75, 3.05) is 53.6 Å². The van der Waals surface area contributed by atoms with Crippen LogP contribution in [-0.2, 0) is 13.0 Å². The molecular formula is C29H36N2O3. The molecule has 1 aliphatic heterocycles. The van der Waals surface area contributed by atoms with Crippen LogP contribution in [0.15, 0.2) is 72.8 Å². The minimum Gasteiger partial charge on any atom is -0.493 e. The molecule has 1 saturated heterocycles. The summed E-state index contributed by atoms with van der Waals surface area (Å²) in [6, 6.07) is 25.1. The number of hydrogen-bond donors (Lipinski definition) is 0. The highest BCUT2D eigenvalue weighted by Crippen LogP contribution is 2.31. The van der Waals surface area contributed by atoms with Crippen molar-refractivity contribution < 1.29 is 14.2 Å². The summed E-state index contributed by atoms with van der Waals surface area (Å²) in [6.45, 7) is 6.97. The van der Waals surface area contributed by atoms with Crippen LogP contribution < -0.4 is 14.2 Å². The van der Waals surface area contributed by atoms with Crippen molar-refractivity contribution in [1.82, 2.24) is 9.80 Å². The molecule has 0 spiro atoms. The van der Waals surface area contributed by atoms with E-state index in [9.17, 15) is 0 Å². The maximum atomic E-state index is 6.19. The number of nitrogens with zero attached hydrogens (tertiary/aromatic N) is 2. The van der Waals surface area contributed by atoms with Crippen LogP contribution in [0.4, 0.5) is 0 Å². The number of rotatable bonds is 11. The highest BCUT2D eigenvalue weighted by Gasteiger charge is 2.19. The molecule has 3 aromatic carbocycles. The summed E-state index contributed by atoms with van der Waals surface area (Å²) in [4.78, 5) is 5.03. The fourth-order valence-electron chi connectivity index (χ4n) is 4.57.